The van der Waals surface area contributed by atoms with Crippen molar-refractivity contribution < 1.29 is 99.5 Å². The van der Waals surface area contributed by atoms with Crippen LogP contribution >= 0.6 is 0 Å². The van der Waals surface area contributed by atoms with Gasteiger partial charge in [-0.15, -0.1) is 13.2 Å². The van der Waals surface area contributed by atoms with Gasteiger partial charge in [-0.2, -0.15) is 48.3 Å². The van der Waals surface area contributed by atoms with E-state index in [0.717, 1.165) is 20.3 Å². The normalized spacial score (nSPS) is 10.3. The summed E-state index contributed by atoms with van der Waals surface area (Å²) in [5.41, 5.74) is 0. The Balaban J connectivity index is -0.000000142. The maximum absolute atomic E-state index is 12.0. The van der Waals surface area contributed by atoms with E-state index >= 15 is 0 Å². The van der Waals surface area contributed by atoms with Crippen LogP contribution in [-0.4, -0.2) is 63.8 Å². The van der Waals surface area contributed by atoms with Gasteiger partial charge in [-0.05, 0) is 13.2 Å². The van der Waals surface area contributed by atoms with E-state index in [2.05, 4.69) is 50.0 Å². The fourth-order valence-corrected chi connectivity index (χ4v) is 0.799. The minimum Gasteiger partial charge on any atom is -0.466 e. The molecule has 0 aliphatic carbocycles. The molecule has 0 amide bonds. The van der Waals surface area contributed by atoms with Crippen molar-refractivity contribution in [3.63, 3.8) is 0 Å². The minimum absolute atomic E-state index is 0.394. The molecule has 0 N–H and O–H groups in total. The number of hydrogen-bond donors (Lipinski definition) is 0. The Labute approximate surface area is 227 Å². The summed E-state index contributed by atoms with van der Waals surface area (Å²) in [6.45, 7) is 12.7. The fourth-order valence-electron chi connectivity index (χ4n) is 0.799. The third-order valence-electron chi connectivity index (χ3n) is 2.37. The summed E-state index contributed by atoms with van der Waals surface area (Å²) >= 11 is 0. The lowest BCUT2D eigenvalue weighted by atomic mass is 10.3. The van der Waals surface area contributed by atoms with E-state index in [4.69, 9.17) is 0 Å². The molecule has 0 saturated heterocycles. The predicted molar refractivity (Wildman–Crippen MR) is 111 cm³/mol. The first kappa shape index (κ1) is 47.5. The molecule has 0 rings (SSSR count). The molecule has 0 atom stereocenters. The number of carbonyl (C=O) groups excluding carboxylic acids is 3. The molecule has 0 aliphatic heterocycles. The molecular formula is C20H20F14O8. The molecule has 0 aromatic carbocycles. The zero-order valence-electron chi connectivity index (χ0n) is 21.2. The number of esters is 3. The molecule has 0 unspecified atom stereocenters. The van der Waals surface area contributed by atoms with Gasteiger partial charge in [-0.3, -0.25) is 0 Å². The Bertz CT molecular complexity index is 899. The molecule has 0 aliphatic rings. The highest BCUT2D eigenvalue weighted by atomic mass is 19.4. The number of rotatable bonds is 7. The van der Waals surface area contributed by atoms with E-state index < -0.39 is 66.2 Å². The summed E-state index contributed by atoms with van der Waals surface area (Å²) < 4.78 is 176. The zero-order valence-corrected chi connectivity index (χ0v) is 21.2. The first-order chi connectivity index (χ1) is 18.5. The number of halogens is 14. The third kappa shape index (κ3) is 27.3. The van der Waals surface area contributed by atoms with E-state index in [1.165, 1.54) is 7.11 Å². The molecule has 22 heteroatoms. The van der Waals surface area contributed by atoms with Gasteiger partial charge in [0.05, 0.1) is 21.3 Å². The van der Waals surface area contributed by atoms with E-state index in [9.17, 15) is 75.8 Å². The van der Waals surface area contributed by atoms with Crippen molar-refractivity contribution in [2.45, 2.75) is 24.6 Å². The highest BCUT2D eigenvalue weighted by Gasteiger charge is 2.76. The second kappa shape index (κ2) is 21.5. The van der Waals surface area contributed by atoms with Crippen LogP contribution in [0.3, 0.4) is 0 Å². The highest BCUT2D eigenvalue weighted by Crippen LogP contribution is 2.47. The quantitative estimate of drug-likeness (QED) is 0.0970. The van der Waals surface area contributed by atoms with Crippen molar-refractivity contribution >= 4 is 17.9 Å². The van der Waals surface area contributed by atoms with Gasteiger partial charge >= 0.3 is 42.5 Å². The summed E-state index contributed by atoms with van der Waals surface area (Å²) in [7, 11) is 3.49. The highest BCUT2D eigenvalue weighted by molar-refractivity contribution is 5.85. The average molecular weight is 654 g/mol. The molecule has 246 valence electrons. The second-order valence-electron chi connectivity index (χ2n) is 5.47. The van der Waals surface area contributed by atoms with Crippen molar-refractivity contribution in [3.8, 4) is 0 Å². The van der Waals surface area contributed by atoms with Crippen LogP contribution in [0, 0.1) is 0 Å². The van der Waals surface area contributed by atoms with E-state index in [0.29, 0.717) is 0 Å². The Morgan fingerprint density at radius 2 is 0.905 bits per heavy atom. The second-order valence-corrected chi connectivity index (χ2v) is 5.47. The summed E-state index contributed by atoms with van der Waals surface area (Å²) in [6.07, 6.45) is -16.4. The Kier molecular flexibility index (Phi) is 24.3. The molecule has 0 aromatic heterocycles. The van der Waals surface area contributed by atoms with Crippen molar-refractivity contribution in [1.82, 2.24) is 0 Å². The van der Waals surface area contributed by atoms with Gasteiger partial charge in [0, 0.05) is 6.08 Å². The maximum atomic E-state index is 12.0. The number of hydrogen-bond acceptors (Lipinski definition) is 8. The molecule has 0 radical (unpaired) electrons. The molecule has 0 spiro atoms. The number of alkyl halides is 10. The van der Waals surface area contributed by atoms with Crippen LogP contribution in [0.5, 0.6) is 0 Å². The van der Waals surface area contributed by atoms with E-state index in [-0.39, 0.29) is 0 Å². The van der Waals surface area contributed by atoms with Crippen LogP contribution in [-0.2, 0) is 38.1 Å². The average Bonchev–Trinajstić information content (AvgIpc) is 2.80. The Morgan fingerprint density at radius 3 is 0.976 bits per heavy atom. The SMILES string of the molecule is C=C(F)C(=O)OC.C=C(F)C(=O)OC.C=C(F)OC(F)(F)C(F)(F)C(F)(F)F.C=C(F)OC(F)(F)F.C=CC(=O)OC. The Hall–Kier alpha value is -4.27. The lowest BCUT2D eigenvalue weighted by Gasteiger charge is -2.26. The van der Waals surface area contributed by atoms with Crippen LogP contribution in [0.25, 0.3) is 0 Å². The van der Waals surface area contributed by atoms with Crippen molar-refractivity contribution in [2.75, 3.05) is 21.3 Å². The number of methoxy groups -OCH3 is 3. The van der Waals surface area contributed by atoms with Gasteiger partial charge in [0.1, 0.15) is 0 Å². The summed E-state index contributed by atoms with van der Waals surface area (Å²) in [4.78, 5) is 29.5. The lowest BCUT2D eigenvalue weighted by molar-refractivity contribution is -0.418. The van der Waals surface area contributed by atoms with Gasteiger partial charge < -0.3 is 23.7 Å². The first-order valence-corrected chi connectivity index (χ1v) is 9.02. The summed E-state index contributed by atoms with van der Waals surface area (Å²) in [6, 6.07) is -4.29. The van der Waals surface area contributed by atoms with Crippen LogP contribution < -0.4 is 0 Å². The zero-order chi connectivity index (χ0) is 35.3. The molecule has 0 bridgehead atoms. The predicted octanol–water partition coefficient (Wildman–Crippen LogP) is 6.83. The minimum atomic E-state index is -6.55. The maximum Gasteiger partial charge on any atom is 0.574 e. The fraction of sp³-hybridized carbons (Fsp3) is 0.350. The monoisotopic (exact) mass is 654 g/mol. The Morgan fingerprint density at radius 1 is 0.595 bits per heavy atom. The van der Waals surface area contributed by atoms with Crippen LogP contribution in [0.2, 0.25) is 0 Å². The molecule has 8 nitrogen and oxygen atoms in total. The van der Waals surface area contributed by atoms with Crippen molar-refractivity contribution in [1.29, 1.82) is 0 Å². The van der Waals surface area contributed by atoms with Gasteiger partial charge in [0.15, 0.2) is 0 Å². The topological polar surface area (TPSA) is 97.4 Å². The summed E-state index contributed by atoms with van der Waals surface area (Å²) in [5.74, 6) is -11.0. The first-order valence-electron chi connectivity index (χ1n) is 9.02. The van der Waals surface area contributed by atoms with Crippen LogP contribution in [0.4, 0.5) is 61.5 Å². The van der Waals surface area contributed by atoms with Crippen molar-refractivity contribution in [3.05, 3.63) is 62.7 Å². The lowest BCUT2D eigenvalue weighted by Crippen LogP contribution is -2.53. The summed E-state index contributed by atoms with van der Waals surface area (Å²) in [5, 5.41) is 0. The smallest absolute Gasteiger partial charge is 0.466 e. The van der Waals surface area contributed by atoms with Gasteiger partial charge in [-0.25, -0.2) is 14.4 Å². The van der Waals surface area contributed by atoms with Crippen molar-refractivity contribution in [2.24, 2.45) is 0 Å². The van der Waals surface area contributed by atoms with Gasteiger partial charge in [0.2, 0.25) is 11.7 Å². The number of ether oxygens (including phenoxy) is 5. The third-order valence-corrected chi connectivity index (χ3v) is 2.37. The van der Waals surface area contributed by atoms with Gasteiger partial charge in [-0.1, -0.05) is 19.7 Å². The molecule has 0 saturated carbocycles. The van der Waals surface area contributed by atoms with Gasteiger partial charge in [0.25, 0.3) is 12.0 Å². The largest absolute Gasteiger partial charge is 0.574 e. The van der Waals surface area contributed by atoms with Crippen LogP contribution in [0.1, 0.15) is 0 Å². The molecule has 0 aromatic rings. The molecule has 0 fully saturated rings. The van der Waals surface area contributed by atoms with Crippen LogP contribution in [0.15, 0.2) is 62.7 Å². The molecule has 0 heterocycles. The van der Waals surface area contributed by atoms with E-state index in [1.54, 1.807) is 0 Å². The standard InChI is InChI=1S/C5H2F8O.2C4H5FO2.C4H6O2.C3H2F4O/c1-2(6)14-5(12,13)3(7,8)4(9,10)11;2*1-3(5)4(6)7-2;1-3-4(5)6-2;1-2(4)8-3(5,6)7/h1H2;2*1H2,2H3;3H,1H2,2H3;1H2. The van der Waals surface area contributed by atoms with E-state index in [1.807, 2.05) is 6.58 Å². The molecule has 42 heavy (non-hydrogen) atoms. The molecular weight excluding hydrogens is 634 g/mol. The number of carbonyl (C=O) groups is 3.